The van der Waals surface area contributed by atoms with Gasteiger partial charge < -0.3 is 4.90 Å². The third-order valence-electron chi connectivity index (χ3n) is 7.01. The molecule has 5 rings (SSSR count). The fourth-order valence-corrected chi connectivity index (χ4v) is 6.72. The van der Waals surface area contributed by atoms with E-state index in [9.17, 15) is 13.2 Å². The molecule has 2 atom stereocenters. The van der Waals surface area contributed by atoms with Gasteiger partial charge in [0.15, 0.2) is 0 Å². The highest BCUT2D eigenvalue weighted by Crippen LogP contribution is 2.28. The Morgan fingerprint density at radius 2 is 1.81 bits per heavy atom. The van der Waals surface area contributed by atoms with Gasteiger partial charge in [0.2, 0.25) is 10.0 Å². The van der Waals surface area contributed by atoms with Crippen molar-refractivity contribution >= 4 is 15.9 Å². The summed E-state index contributed by atoms with van der Waals surface area (Å²) in [5.74, 6) is -0.0694. The number of benzene rings is 2. The molecule has 3 heterocycles. The quantitative estimate of drug-likeness (QED) is 0.738. The molecule has 1 amide bonds. The molecule has 0 radical (unpaired) electrons. The first-order chi connectivity index (χ1) is 14.9. The topological polar surface area (TPSA) is 60.9 Å². The number of hydrogen-bond acceptors (Lipinski definition) is 4. The van der Waals surface area contributed by atoms with Gasteiger partial charge in [0, 0.05) is 43.8 Å². The molecule has 0 aliphatic carbocycles. The lowest BCUT2D eigenvalue weighted by molar-refractivity contribution is 0.0395. The summed E-state index contributed by atoms with van der Waals surface area (Å²) in [5, 5.41) is 0. The van der Waals surface area contributed by atoms with E-state index in [2.05, 4.69) is 17.9 Å². The van der Waals surface area contributed by atoms with Gasteiger partial charge in [0.1, 0.15) is 0 Å². The molecule has 2 aromatic rings. The highest BCUT2D eigenvalue weighted by molar-refractivity contribution is 7.89. The van der Waals surface area contributed by atoms with Crippen LogP contribution in [-0.2, 0) is 23.0 Å². The molecule has 0 bridgehead atoms. The van der Waals surface area contributed by atoms with Gasteiger partial charge in [-0.15, -0.1) is 0 Å². The molecule has 0 aromatic heterocycles. The standard InChI is InChI=1S/C24H29N3O3S/c1-18-15-25-12-5-9-22(25)17-27(18)24(28)20-8-4-10-23(14-20)31(29,30)26-13-11-19-6-2-3-7-21(19)16-26/h2-4,6-8,10,14,18,22H,5,9,11-13,15-17H2,1H3. The minimum absolute atomic E-state index is 0.0694. The van der Waals surface area contributed by atoms with Crippen molar-refractivity contribution in [1.29, 1.82) is 0 Å². The number of carbonyl (C=O) groups excluding carboxylic acids is 1. The van der Waals surface area contributed by atoms with Crippen molar-refractivity contribution in [3.05, 3.63) is 65.2 Å². The average Bonchev–Trinajstić information content (AvgIpc) is 3.25. The minimum Gasteiger partial charge on any atom is -0.333 e. The highest BCUT2D eigenvalue weighted by atomic mass is 32.2. The van der Waals surface area contributed by atoms with Gasteiger partial charge in [-0.1, -0.05) is 30.3 Å². The Balaban J connectivity index is 1.38. The van der Waals surface area contributed by atoms with Crippen LogP contribution in [0.25, 0.3) is 0 Å². The minimum atomic E-state index is -3.66. The molecule has 0 saturated carbocycles. The van der Waals surface area contributed by atoms with E-state index in [-0.39, 0.29) is 16.8 Å². The van der Waals surface area contributed by atoms with E-state index in [4.69, 9.17) is 0 Å². The smallest absolute Gasteiger partial charge is 0.254 e. The first kappa shape index (κ1) is 20.7. The third-order valence-corrected chi connectivity index (χ3v) is 8.85. The number of rotatable bonds is 3. The summed E-state index contributed by atoms with van der Waals surface area (Å²) >= 11 is 0. The number of amides is 1. The fraction of sp³-hybridized carbons (Fsp3) is 0.458. The Hall–Kier alpha value is -2.22. The lowest BCUT2D eigenvalue weighted by Gasteiger charge is -2.42. The van der Waals surface area contributed by atoms with Crippen LogP contribution in [0.4, 0.5) is 0 Å². The van der Waals surface area contributed by atoms with E-state index < -0.39 is 10.0 Å². The first-order valence-corrected chi connectivity index (χ1v) is 12.6. The summed E-state index contributed by atoms with van der Waals surface area (Å²) in [6.07, 6.45) is 3.02. The van der Waals surface area contributed by atoms with E-state index in [0.29, 0.717) is 31.1 Å². The molecular weight excluding hydrogens is 410 g/mol. The van der Waals surface area contributed by atoms with Crippen molar-refractivity contribution in [3.8, 4) is 0 Å². The third kappa shape index (κ3) is 3.79. The van der Waals surface area contributed by atoms with Gasteiger partial charge in [-0.3, -0.25) is 9.69 Å². The zero-order valence-corrected chi connectivity index (χ0v) is 18.7. The largest absolute Gasteiger partial charge is 0.333 e. The fourth-order valence-electron chi connectivity index (χ4n) is 5.25. The average molecular weight is 440 g/mol. The maximum atomic E-state index is 13.4. The number of sulfonamides is 1. The van der Waals surface area contributed by atoms with Crippen molar-refractivity contribution < 1.29 is 13.2 Å². The number of carbonyl (C=O) groups is 1. The van der Waals surface area contributed by atoms with Crippen LogP contribution >= 0.6 is 0 Å². The van der Waals surface area contributed by atoms with Crippen LogP contribution in [0.1, 0.15) is 41.3 Å². The Bertz CT molecular complexity index is 1100. The number of fused-ring (bicyclic) bond motifs is 2. The summed E-state index contributed by atoms with van der Waals surface area (Å²) in [7, 11) is -3.66. The molecule has 3 aliphatic heterocycles. The summed E-state index contributed by atoms with van der Waals surface area (Å²) in [6, 6.07) is 15.1. The summed E-state index contributed by atoms with van der Waals surface area (Å²) in [6.45, 7) is 5.64. The molecular formula is C24H29N3O3S. The van der Waals surface area contributed by atoms with Gasteiger partial charge >= 0.3 is 0 Å². The van der Waals surface area contributed by atoms with Gasteiger partial charge in [-0.2, -0.15) is 4.31 Å². The van der Waals surface area contributed by atoms with E-state index >= 15 is 0 Å². The van der Waals surface area contributed by atoms with Crippen molar-refractivity contribution in [2.45, 2.75) is 49.7 Å². The lowest BCUT2D eigenvalue weighted by atomic mass is 10.0. The predicted molar refractivity (Wildman–Crippen MR) is 119 cm³/mol. The van der Waals surface area contributed by atoms with Crippen molar-refractivity contribution in [2.24, 2.45) is 0 Å². The lowest BCUT2D eigenvalue weighted by Crippen LogP contribution is -2.56. The Kier molecular flexibility index (Phi) is 5.36. The van der Waals surface area contributed by atoms with Gasteiger partial charge in [-0.05, 0) is 62.1 Å². The van der Waals surface area contributed by atoms with Crippen LogP contribution in [0.15, 0.2) is 53.4 Å². The molecule has 2 fully saturated rings. The van der Waals surface area contributed by atoms with E-state index in [1.54, 1.807) is 24.3 Å². The first-order valence-electron chi connectivity index (χ1n) is 11.2. The van der Waals surface area contributed by atoms with Crippen molar-refractivity contribution in [3.63, 3.8) is 0 Å². The van der Waals surface area contributed by atoms with Crippen LogP contribution < -0.4 is 0 Å². The Morgan fingerprint density at radius 3 is 2.65 bits per heavy atom. The Morgan fingerprint density at radius 1 is 1.00 bits per heavy atom. The van der Waals surface area contributed by atoms with Gasteiger partial charge in [0.05, 0.1) is 4.90 Å². The summed E-state index contributed by atoms with van der Waals surface area (Å²) < 4.78 is 28.2. The Labute approximate surface area is 184 Å². The van der Waals surface area contributed by atoms with E-state index in [0.717, 1.165) is 31.6 Å². The molecule has 7 heteroatoms. The number of piperazine rings is 1. The zero-order chi connectivity index (χ0) is 21.6. The molecule has 164 valence electrons. The monoisotopic (exact) mass is 439 g/mol. The molecule has 2 saturated heterocycles. The van der Waals surface area contributed by atoms with Gasteiger partial charge in [0.25, 0.3) is 5.91 Å². The van der Waals surface area contributed by atoms with E-state index in [1.165, 1.54) is 16.3 Å². The van der Waals surface area contributed by atoms with Gasteiger partial charge in [-0.25, -0.2) is 8.42 Å². The number of nitrogens with zero attached hydrogens (tertiary/aromatic N) is 3. The van der Waals surface area contributed by atoms with Crippen molar-refractivity contribution in [2.75, 3.05) is 26.2 Å². The maximum Gasteiger partial charge on any atom is 0.254 e. The van der Waals surface area contributed by atoms with E-state index in [1.807, 2.05) is 23.1 Å². The van der Waals surface area contributed by atoms with Crippen LogP contribution in [0.5, 0.6) is 0 Å². The van der Waals surface area contributed by atoms with Crippen LogP contribution in [0.3, 0.4) is 0 Å². The van der Waals surface area contributed by atoms with Crippen molar-refractivity contribution in [1.82, 2.24) is 14.1 Å². The van der Waals surface area contributed by atoms with Crippen LogP contribution in [-0.4, -0.2) is 66.7 Å². The molecule has 31 heavy (non-hydrogen) atoms. The molecule has 3 aliphatic rings. The summed E-state index contributed by atoms with van der Waals surface area (Å²) in [4.78, 5) is 17.9. The SMILES string of the molecule is CC1CN2CCCC2CN1C(=O)c1cccc(S(=O)(=O)N2CCc3ccccc3C2)c1. The second kappa shape index (κ2) is 8.04. The molecule has 2 aromatic carbocycles. The second-order valence-electron chi connectivity index (χ2n) is 8.98. The molecule has 2 unspecified atom stereocenters. The normalized spacial score (nSPS) is 24.6. The molecule has 6 nitrogen and oxygen atoms in total. The maximum absolute atomic E-state index is 13.4. The highest BCUT2D eigenvalue weighted by Gasteiger charge is 2.37. The van der Waals surface area contributed by atoms with Crippen LogP contribution in [0.2, 0.25) is 0 Å². The zero-order valence-electron chi connectivity index (χ0n) is 17.9. The summed E-state index contributed by atoms with van der Waals surface area (Å²) in [5.41, 5.74) is 2.71. The second-order valence-corrected chi connectivity index (χ2v) is 10.9. The predicted octanol–water partition coefficient (Wildman–Crippen LogP) is 2.74. The van der Waals surface area contributed by atoms with Crippen LogP contribution in [0, 0.1) is 0 Å². The molecule has 0 spiro atoms. The molecule has 0 N–H and O–H groups in total. The number of hydrogen-bond donors (Lipinski definition) is 0.